The van der Waals surface area contributed by atoms with Crippen LogP contribution in [0.25, 0.3) is 0 Å². The van der Waals surface area contributed by atoms with E-state index in [1.54, 1.807) is 14.2 Å². The summed E-state index contributed by atoms with van der Waals surface area (Å²) in [5.74, 6) is 1.94. The molecule has 0 heterocycles. The van der Waals surface area contributed by atoms with Crippen LogP contribution in [-0.4, -0.2) is 36.6 Å². The molecule has 0 aliphatic carbocycles. The molecule has 0 saturated heterocycles. The Balaban J connectivity index is 3.28. The molecule has 1 rings (SSSR count). The van der Waals surface area contributed by atoms with E-state index in [0.29, 0.717) is 17.2 Å². The molecule has 5 nitrogen and oxygen atoms in total. The van der Waals surface area contributed by atoms with Gasteiger partial charge in [0.05, 0.1) is 19.9 Å². The predicted molar refractivity (Wildman–Crippen MR) is 100 cm³/mol. The van der Waals surface area contributed by atoms with Gasteiger partial charge in [-0.25, -0.2) is 0 Å². The van der Waals surface area contributed by atoms with Crippen molar-refractivity contribution in [2.75, 3.05) is 14.2 Å². The first-order valence-electron chi connectivity index (χ1n) is 7.65. The van der Waals surface area contributed by atoms with Crippen molar-refractivity contribution in [3.63, 3.8) is 0 Å². The van der Waals surface area contributed by atoms with Gasteiger partial charge >= 0.3 is 0 Å². The molecule has 0 N–H and O–H groups in total. The Morgan fingerprint density at radius 1 is 0.870 bits per heavy atom. The molecule has 7 heteroatoms. The first-order chi connectivity index (χ1) is 10.5. The van der Waals surface area contributed by atoms with Crippen molar-refractivity contribution < 1.29 is 18.4 Å². The van der Waals surface area contributed by atoms with Gasteiger partial charge in [-0.15, -0.1) is 5.16 Å². The molecule has 1 aromatic rings. The van der Waals surface area contributed by atoms with Crippen LogP contribution >= 0.6 is 0 Å². The summed E-state index contributed by atoms with van der Waals surface area (Å²) in [6.07, 6.45) is 0. The second-order valence-electron chi connectivity index (χ2n) is 7.30. The predicted octanol–water partition coefficient (Wildman–Crippen LogP) is 4.49. The van der Waals surface area contributed by atoms with Crippen LogP contribution in [0.5, 0.6) is 17.2 Å². The van der Waals surface area contributed by atoms with E-state index >= 15 is 0 Å². The van der Waals surface area contributed by atoms with E-state index in [4.69, 9.17) is 18.4 Å². The van der Waals surface area contributed by atoms with Crippen molar-refractivity contribution in [2.24, 2.45) is 5.16 Å². The Labute approximate surface area is 141 Å². The third-order valence-electron chi connectivity index (χ3n) is 2.74. The largest absolute Gasteiger partial charge is 0.539 e. The SMILES string of the molecule is COc1cc(/C(C)=N\O[Si](C)(C)C)cc(OC)c1O[Si](C)(C)C. The highest BCUT2D eigenvalue weighted by atomic mass is 28.4. The fourth-order valence-electron chi connectivity index (χ4n) is 1.75. The molecule has 1 aromatic carbocycles. The molecule has 0 aliphatic rings. The lowest BCUT2D eigenvalue weighted by Crippen LogP contribution is -2.29. The van der Waals surface area contributed by atoms with Crippen LogP contribution in [0.3, 0.4) is 0 Å². The zero-order valence-electron chi connectivity index (χ0n) is 15.7. The number of nitrogens with zero attached hydrogens (tertiary/aromatic N) is 1. The van der Waals surface area contributed by atoms with E-state index in [1.807, 2.05) is 19.1 Å². The van der Waals surface area contributed by atoms with Crippen molar-refractivity contribution in [3.05, 3.63) is 17.7 Å². The van der Waals surface area contributed by atoms with Crippen molar-refractivity contribution in [2.45, 2.75) is 46.2 Å². The molecule has 0 spiro atoms. The van der Waals surface area contributed by atoms with Gasteiger partial charge in [0.2, 0.25) is 8.32 Å². The molecule has 23 heavy (non-hydrogen) atoms. The Hall–Kier alpha value is -1.48. The van der Waals surface area contributed by atoms with Crippen molar-refractivity contribution in [1.29, 1.82) is 0 Å². The summed E-state index contributed by atoms with van der Waals surface area (Å²) in [6.45, 7) is 14.5. The average Bonchev–Trinajstić information content (AvgIpc) is 2.42. The van der Waals surface area contributed by atoms with E-state index in [-0.39, 0.29) is 0 Å². The third kappa shape index (κ3) is 6.27. The van der Waals surface area contributed by atoms with E-state index in [2.05, 4.69) is 44.4 Å². The molecule has 0 radical (unpaired) electrons. The van der Waals surface area contributed by atoms with Gasteiger partial charge in [-0.2, -0.15) is 0 Å². The molecule has 130 valence electrons. The van der Waals surface area contributed by atoms with Gasteiger partial charge < -0.3 is 18.4 Å². The topological polar surface area (TPSA) is 49.3 Å². The molecular weight excluding hydrogens is 326 g/mol. The lowest BCUT2D eigenvalue weighted by atomic mass is 10.1. The maximum absolute atomic E-state index is 6.12. The fourth-order valence-corrected chi connectivity index (χ4v) is 2.98. The minimum absolute atomic E-state index is 0.643. The number of hydrogen-bond donors (Lipinski definition) is 0. The van der Waals surface area contributed by atoms with Crippen LogP contribution in [-0.2, 0) is 4.53 Å². The number of benzene rings is 1. The smallest absolute Gasteiger partial charge is 0.278 e. The van der Waals surface area contributed by atoms with E-state index in [1.165, 1.54) is 0 Å². The summed E-state index contributed by atoms with van der Waals surface area (Å²) in [6, 6.07) is 3.81. The number of ether oxygens (including phenoxy) is 2. The van der Waals surface area contributed by atoms with Gasteiger partial charge in [-0.3, -0.25) is 0 Å². The van der Waals surface area contributed by atoms with E-state index in [9.17, 15) is 0 Å². The first-order valence-corrected chi connectivity index (χ1v) is 14.5. The number of methoxy groups -OCH3 is 2. The normalized spacial score (nSPS) is 12.8. The standard InChI is InChI=1S/C16H29NO4Si2/c1-12(17-21-23(7,8)9)13-10-14(18-2)16(15(11-13)19-3)20-22(4,5)6/h10-11H,1-9H3/b17-12-. The zero-order chi connectivity index (χ0) is 17.8. The summed E-state index contributed by atoms with van der Waals surface area (Å²) < 4.78 is 22.7. The Bertz CT molecular complexity index is 549. The molecule has 0 bridgehead atoms. The van der Waals surface area contributed by atoms with Crippen molar-refractivity contribution in [1.82, 2.24) is 0 Å². The summed E-state index contributed by atoms with van der Waals surface area (Å²) in [5, 5.41) is 4.26. The van der Waals surface area contributed by atoms with Gasteiger partial charge in [0.15, 0.2) is 17.2 Å². The minimum atomic E-state index is -1.79. The molecule has 0 saturated carbocycles. The highest BCUT2D eigenvalue weighted by Crippen LogP contribution is 2.40. The molecule has 0 atom stereocenters. The van der Waals surface area contributed by atoms with Crippen LogP contribution in [0.1, 0.15) is 12.5 Å². The van der Waals surface area contributed by atoms with Crippen LogP contribution in [0.2, 0.25) is 39.3 Å². The number of rotatable bonds is 7. The lowest BCUT2D eigenvalue weighted by molar-refractivity contribution is 0.335. The molecule has 0 aliphatic heterocycles. The van der Waals surface area contributed by atoms with Crippen LogP contribution < -0.4 is 13.9 Å². The summed E-state index contributed by atoms with van der Waals surface area (Å²) in [4.78, 5) is 0. The lowest BCUT2D eigenvalue weighted by Gasteiger charge is -2.23. The second-order valence-corrected chi connectivity index (χ2v) is 16.1. The monoisotopic (exact) mass is 355 g/mol. The summed E-state index contributed by atoms with van der Waals surface area (Å²) >= 11 is 0. The summed E-state index contributed by atoms with van der Waals surface area (Å²) in [5.41, 5.74) is 1.67. The van der Waals surface area contributed by atoms with E-state index in [0.717, 1.165) is 11.3 Å². The first kappa shape index (κ1) is 19.6. The highest BCUT2D eigenvalue weighted by Gasteiger charge is 2.23. The fraction of sp³-hybridized carbons (Fsp3) is 0.562. The second kappa shape index (κ2) is 7.40. The van der Waals surface area contributed by atoms with Gasteiger partial charge in [-0.05, 0) is 58.3 Å². The van der Waals surface area contributed by atoms with Crippen LogP contribution in [0.15, 0.2) is 17.3 Å². The highest BCUT2D eigenvalue weighted by molar-refractivity contribution is 6.70. The zero-order valence-corrected chi connectivity index (χ0v) is 17.7. The van der Waals surface area contributed by atoms with Gasteiger partial charge in [0.25, 0.3) is 8.32 Å². The summed E-state index contributed by atoms with van der Waals surface area (Å²) in [7, 11) is -0.245. The average molecular weight is 356 g/mol. The molecular formula is C16H29NO4Si2. The quantitative estimate of drug-likeness (QED) is 0.411. The molecule has 0 amide bonds. The Morgan fingerprint density at radius 3 is 1.70 bits per heavy atom. The third-order valence-corrected chi connectivity index (χ3v) is 4.20. The molecule has 0 fully saturated rings. The van der Waals surface area contributed by atoms with Crippen LogP contribution in [0, 0.1) is 0 Å². The molecule has 0 aromatic heterocycles. The Kier molecular flexibility index (Phi) is 6.29. The van der Waals surface area contributed by atoms with Crippen molar-refractivity contribution >= 4 is 22.3 Å². The van der Waals surface area contributed by atoms with Crippen LogP contribution in [0.4, 0.5) is 0 Å². The van der Waals surface area contributed by atoms with E-state index < -0.39 is 16.6 Å². The maximum atomic E-state index is 6.12. The van der Waals surface area contributed by atoms with Crippen molar-refractivity contribution in [3.8, 4) is 17.2 Å². The Morgan fingerprint density at radius 2 is 1.35 bits per heavy atom. The van der Waals surface area contributed by atoms with Gasteiger partial charge in [0.1, 0.15) is 0 Å². The number of hydrogen-bond acceptors (Lipinski definition) is 5. The molecule has 0 unspecified atom stereocenters. The minimum Gasteiger partial charge on any atom is -0.539 e. The van der Waals surface area contributed by atoms with Gasteiger partial charge in [-0.1, -0.05) is 0 Å². The number of oxime groups is 1. The maximum Gasteiger partial charge on any atom is 0.278 e. The van der Waals surface area contributed by atoms with Gasteiger partial charge in [0, 0.05) is 5.56 Å².